The van der Waals surface area contributed by atoms with E-state index in [0.717, 1.165) is 24.3 Å². The first kappa shape index (κ1) is 12.9. The molecule has 2 heterocycles. The van der Waals surface area contributed by atoms with Gasteiger partial charge in [0.25, 0.3) is 0 Å². The Kier molecular flexibility index (Phi) is 3.23. The van der Waals surface area contributed by atoms with Crippen molar-refractivity contribution in [2.45, 2.75) is 50.8 Å². The molecule has 1 aliphatic carbocycles. The number of hydrogen-bond acceptors (Lipinski definition) is 4. The molecule has 0 bridgehead atoms. The number of ether oxygens (including phenoxy) is 1. The maximum atomic E-state index is 10.9. The molecule has 1 saturated carbocycles. The summed E-state index contributed by atoms with van der Waals surface area (Å²) in [6.45, 7) is 5.49. The molecule has 1 aliphatic heterocycles. The predicted octanol–water partition coefficient (Wildman–Crippen LogP) is 1.92. The highest BCUT2D eigenvalue weighted by molar-refractivity contribution is 5.30. The number of aromatic nitrogens is 1. The van der Waals surface area contributed by atoms with Crippen LogP contribution in [0.2, 0.25) is 0 Å². The van der Waals surface area contributed by atoms with Gasteiger partial charge < -0.3 is 9.84 Å². The van der Waals surface area contributed by atoms with Crippen LogP contribution in [0, 0.1) is 0 Å². The lowest BCUT2D eigenvalue weighted by molar-refractivity contribution is 0.0445. The summed E-state index contributed by atoms with van der Waals surface area (Å²) < 4.78 is 5.48. The minimum absolute atomic E-state index is 0.438. The van der Waals surface area contributed by atoms with E-state index in [1.807, 2.05) is 13.0 Å². The summed E-state index contributed by atoms with van der Waals surface area (Å²) in [6, 6.07) is 3.06. The smallest absolute Gasteiger partial charge is 0.137 e. The Labute approximate surface area is 114 Å². The zero-order chi connectivity index (χ0) is 13.5. The van der Waals surface area contributed by atoms with Crippen molar-refractivity contribution in [3.05, 3.63) is 24.0 Å². The van der Waals surface area contributed by atoms with Crippen LogP contribution in [0.4, 0.5) is 0 Å². The van der Waals surface area contributed by atoms with E-state index in [2.05, 4.69) is 16.8 Å². The lowest BCUT2D eigenvalue weighted by Gasteiger charge is -2.24. The van der Waals surface area contributed by atoms with Crippen LogP contribution in [0.15, 0.2) is 18.5 Å². The summed E-state index contributed by atoms with van der Waals surface area (Å²) in [5.41, 5.74) is 0.107. The second kappa shape index (κ2) is 4.76. The van der Waals surface area contributed by atoms with Crippen LogP contribution in [0.25, 0.3) is 0 Å². The molecule has 1 aromatic heterocycles. The number of β-amino-alcohol motifs (C(OH)–C–C–N with tert-alkyl or cyclic N) is 1. The van der Waals surface area contributed by atoms with Gasteiger partial charge in [-0.05, 0) is 39.2 Å². The number of hydrogen-bond donors (Lipinski definition) is 1. The molecule has 1 N–H and O–H groups in total. The highest BCUT2D eigenvalue weighted by Crippen LogP contribution is 2.42. The second-order valence-electron chi connectivity index (χ2n) is 5.83. The highest BCUT2D eigenvalue weighted by atomic mass is 16.5. The predicted molar refractivity (Wildman–Crippen MR) is 73.1 cm³/mol. The fourth-order valence-corrected chi connectivity index (χ4v) is 3.15. The third-order valence-electron chi connectivity index (χ3n) is 4.22. The molecule has 2 aliphatic rings. The lowest BCUT2D eigenvalue weighted by Crippen LogP contribution is -2.33. The number of rotatable bonds is 4. The van der Waals surface area contributed by atoms with Crippen LogP contribution in [-0.2, 0) is 5.60 Å². The van der Waals surface area contributed by atoms with E-state index >= 15 is 0 Å². The van der Waals surface area contributed by atoms with Gasteiger partial charge in [0, 0.05) is 30.4 Å². The third-order valence-corrected chi connectivity index (χ3v) is 4.22. The van der Waals surface area contributed by atoms with Crippen LogP contribution in [0.5, 0.6) is 5.75 Å². The van der Waals surface area contributed by atoms with Crippen molar-refractivity contribution in [1.82, 2.24) is 9.88 Å². The topological polar surface area (TPSA) is 45.6 Å². The summed E-state index contributed by atoms with van der Waals surface area (Å²) in [7, 11) is 0. The van der Waals surface area contributed by atoms with Crippen molar-refractivity contribution >= 4 is 0 Å². The van der Waals surface area contributed by atoms with Crippen molar-refractivity contribution in [1.29, 1.82) is 0 Å². The Morgan fingerprint density at radius 1 is 1.47 bits per heavy atom. The zero-order valence-corrected chi connectivity index (χ0v) is 11.7. The highest BCUT2D eigenvalue weighted by Gasteiger charge is 2.47. The van der Waals surface area contributed by atoms with E-state index in [-0.39, 0.29) is 0 Å². The molecule has 1 aromatic rings. The van der Waals surface area contributed by atoms with E-state index in [4.69, 9.17) is 4.74 Å². The van der Waals surface area contributed by atoms with Gasteiger partial charge in [0.1, 0.15) is 11.4 Å². The fraction of sp³-hybridized carbons (Fsp3) is 0.667. The van der Waals surface area contributed by atoms with Gasteiger partial charge in [-0.25, -0.2) is 0 Å². The molecule has 2 atom stereocenters. The van der Waals surface area contributed by atoms with E-state index in [1.54, 1.807) is 12.4 Å². The molecule has 19 heavy (non-hydrogen) atoms. The third kappa shape index (κ3) is 2.47. The van der Waals surface area contributed by atoms with Crippen molar-refractivity contribution in [3.63, 3.8) is 0 Å². The first-order valence-electron chi connectivity index (χ1n) is 7.19. The van der Waals surface area contributed by atoms with Gasteiger partial charge >= 0.3 is 0 Å². The van der Waals surface area contributed by atoms with Crippen molar-refractivity contribution in [3.8, 4) is 5.75 Å². The molecular weight excluding hydrogens is 240 g/mol. The number of pyridine rings is 1. The fourth-order valence-electron chi connectivity index (χ4n) is 3.15. The first-order chi connectivity index (χ1) is 9.12. The molecule has 2 unspecified atom stereocenters. The second-order valence-corrected chi connectivity index (χ2v) is 5.83. The number of aliphatic hydroxyl groups is 1. The summed E-state index contributed by atoms with van der Waals surface area (Å²) in [5.74, 6) is 0.742. The van der Waals surface area contributed by atoms with E-state index in [0.29, 0.717) is 18.7 Å². The van der Waals surface area contributed by atoms with Gasteiger partial charge in [-0.3, -0.25) is 9.88 Å². The summed E-state index contributed by atoms with van der Waals surface area (Å²) in [6.07, 6.45) is 6.80. The molecule has 104 valence electrons. The Morgan fingerprint density at radius 2 is 2.26 bits per heavy atom. The van der Waals surface area contributed by atoms with Crippen LogP contribution in [-0.4, -0.2) is 40.2 Å². The minimum atomic E-state index is -0.776. The molecule has 0 aromatic carbocycles. The molecule has 3 rings (SSSR count). The van der Waals surface area contributed by atoms with Crippen molar-refractivity contribution in [2.24, 2.45) is 0 Å². The van der Waals surface area contributed by atoms with Gasteiger partial charge in [-0.15, -0.1) is 0 Å². The van der Waals surface area contributed by atoms with E-state index in [9.17, 15) is 5.11 Å². The maximum Gasteiger partial charge on any atom is 0.137 e. The Bertz CT molecular complexity index is 461. The van der Waals surface area contributed by atoms with Crippen molar-refractivity contribution < 1.29 is 9.84 Å². The molecule has 0 amide bonds. The largest absolute Gasteiger partial charge is 0.492 e. The number of likely N-dealkylation sites (tertiary alicyclic amines) is 1. The van der Waals surface area contributed by atoms with Crippen molar-refractivity contribution in [2.75, 3.05) is 13.2 Å². The van der Waals surface area contributed by atoms with E-state index < -0.39 is 5.60 Å². The average molecular weight is 262 g/mol. The Morgan fingerprint density at radius 3 is 2.95 bits per heavy atom. The van der Waals surface area contributed by atoms with E-state index in [1.165, 1.54) is 12.8 Å². The minimum Gasteiger partial charge on any atom is -0.492 e. The van der Waals surface area contributed by atoms with Gasteiger partial charge in [0.2, 0.25) is 0 Å². The Hall–Kier alpha value is -1.13. The molecular formula is C15H22N2O2. The molecule has 4 heteroatoms. The summed E-state index contributed by atoms with van der Waals surface area (Å²) >= 11 is 0. The monoisotopic (exact) mass is 262 g/mol. The molecule has 4 nitrogen and oxygen atoms in total. The Balaban J connectivity index is 1.82. The van der Waals surface area contributed by atoms with Gasteiger partial charge in [-0.2, -0.15) is 0 Å². The summed E-state index contributed by atoms with van der Waals surface area (Å²) in [4.78, 5) is 6.64. The quantitative estimate of drug-likeness (QED) is 0.900. The lowest BCUT2D eigenvalue weighted by atomic mass is 9.93. The average Bonchev–Trinajstić information content (AvgIpc) is 3.17. The number of nitrogens with zero attached hydrogens (tertiary/aromatic N) is 2. The SMILES string of the molecule is CCOc1cncc(C2(O)CC(C)N(C3CC3)C2)c1. The van der Waals surface area contributed by atoms with Crippen LogP contribution in [0.1, 0.15) is 38.7 Å². The molecule has 2 fully saturated rings. The standard InChI is InChI=1S/C15H22N2O2/c1-3-19-14-6-12(8-16-9-14)15(18)7-11(2)17(10-15)13-4-5-13/h6,8-9,11,13,18H,3-5,7,10H2,1-2H3. The van der Waals surface area contributed by atoms with Gasteiger partial charge in [-0.1, -0.05) is 0 Å². The first-order valence-corrected chi connectivity index (χ1v) is 7.19. The van der Waals surface area contributed by atoms with Gasteiger partial charge in [0.05, 0.1) is 12.8 Å². The molecule has 0 radical (unpaired) electrons. The zero-order valence-electron chi connectivity index (χ0n) is 11.7. The van der Waals surface area contributed by atoms with Crippen LogP contribution in [0.3, 0.4) is 0 Å². The van der Waals surface area contributed by atoms with Crippen LogP contribution >= 0.6 is 0 Å². The normalized spacial score (nSPS) is 31.6. The molecule has 0 spiro atoms. The summed E-state index contributed by atoms with van der Waals surface area (Å²) in [5, 5.41) is 10.9. The maximum absolute atomic E-state index is 10.9. The van der Waals surface area contributed by atoms with Gasteiger partial charge in [0.15, 0.2) is 0 Å². The van der Waals surface area contributed by atoms with Crippen LogP contribution < -0.4 is 4.74 Å². The molecule has 1 saturated heterocycles.